The average Bonchev–Trinajstić information content (AvgIpc) is 2.35. The van der Waals surface area contributed by atoms with Crippen LogP contribution in [0.1, 0.15) is 31.9 Å². The van der Waals surface area contributed by atoms with E-state index in [-0.39, 0.29) is 10.7 Å². The summed E-state index contributed by atoms with van der Waals surface area (Å²) in [5, 5.41) is 2.94. The van der Waals surface area contributed by atoms with Crippen LogP contribution in [0.3, 0.4) is 0 Å². The summed E-state index contributed by atoms with van der Waals surface area (Å²) < 4.78 is 0.126. The van der Waals surface area contributed by atoms with Gasteiger partial charge in [0, 0.05) is 11.3 Å². The first kappa shape index (κ1) is 16.1. The number of benzene rings is 1. The normalized spacial score (nSPS) is 11.4. The van der Waals surface area contributed by atoms with Crippen LogP contribution >= 0.6 is 11.8 Å². The quantitative estimate of drug-likeness (QED) is 0.841. The summed E-state index contributed by atoms with van der Waals surface area (Å²) in [6.07, 6.45) is 0.898. The van der Waals surface area contributed by atoms with E-state index < -0.39 is 0 Å². The lowest BCUT2D eigenvalue weighted by molar-refractivity contribution is -0.118. The Morgan fingerprint density at radius 2 is 1.79 bits per heavy atom. The highest BCUT2D eigenvalue weighted by atomic mass is 32.2. The molecular formula is C15H24N2OS. The second kappa shape index (κ2) is 7.56. The van der Waals surface area contributed by atoms with Crippen LogP contribution in [0, 0.1) is 0 Å². The van der Waals surface area contributed by atoms with Crippen molar-refractivity contribution in [3.63, 3.8) is 0 Å². The number of nitrogens with two attached hydrogens (primary N) is 1. The molecule has 19 heavy (non-hydrogen) atoms. The highest BCUT2D eigenvalue weighted by molar-refractivity contribution is 8.01. The van der Waals surface area contributed by atoms with E-state index in [4.69, 9.17) is 5.73 Å². The Kier molecular flexibility index (Phi) is 6.38. The summed E-state index contributed by atoms with van der Waals surface area (Å²) >= 11 is 1.66. The molecule has 0 aliphatic heterocycles. The van der Waals surface area contributed by atoms with Crippen molar-refractivity contribution in [2.24, 2.45) is 5.73 Å². The second-order valence-electron chi connectivity index (χ2n) is 5.53. The van der Waals surface area contributed by atoms with Crippen molar-refractivity contribution in [2.75, 3.05) is 12.3 Å². The van der Waals surface area contributed by atoms with Gasteiger partial charge in [0.25, 0.3) is 0 Å². The zero-order valence-electron chi connectivity index (χ0n) is 12.0. The molecule has 0 aromatic heterocycles. The van der Waals surface area contributed by atoms with Gasteiger partial charge in [-0.2, -0.15) is 0 Å². The standard InChI is InChI=1S/C15H24N2OS/c1-15(2,3)19-11-14(18)17-10-13-6-4-12(5-7-13)8-9-16/h4-7H,8-11,16H2,1-3H3,(H,17,18). The fraction of sp³-hybridized carbons (Fsp3) is 0.533. The van der Waals surface area contributed by atoms with Crippen molar-refractivity contribution < 1.29 is 4.79 Å². The maximum atomic E-state index is 11.7. The molecule has 1 amide bonds. The Morgan fingerprint density at radius 1 is 1.21 bits per heavy atom. The summed E-state index contributed by atoms with van der Waals surface area (Å²) in [4.78, 5) is 11.7. The first-order valence-corrected chi connectivity index (χ1v) is 7.58. The SMILES string of the molecule is CC(C)(C)SCC(=O)NCc1ccc(CCN)cc1. The van der Waals surface area contributed by atoms with Gasteiger partial charge in [-0.1, -0.05) is 45.0 Å². The number of amides is 1. The Morgan fingerprint density at radius 3 is 2.32 bits per heavy atom. The Bertz CT molecular complexity index is 396. The maximum absolute atomic E-state index is 11.7. The van der Waals surface area contributed by atoms with Crippen LogP contribution in [0.2, 0.25) is 0 Å². The van der Waals surface area contributed by atoms with E-state index >= 15 is 0 Å². The first-order valence-electron chi connectivity index (χ1n) is 6.59. The topological polar surface area (TPSA) is 55.1 Å². The summed E-state index contributed by atoms with van der Waals surface area (Å²) in [5.74, 6) is 0.598. The van der Waals surface area contributed by atoms with E-state index in [1.807, 2.05) is 12.1 Å². The molecular weight excluding hydrogens is 256 g/mol. The van der Waals surface area contributed by atoms with Crippen LogP contribution in [0.5, 0.6) is 0 Å². The number of hydrogen-bond donors (Lipinski definition) is 2. The first-order chi connectivity index (χ1) is 8.90. The number of carbonyl (C=O) groups excluding carboxylic acids is 1. The molecule has 3 N–H and O–H groups in total. The zero-order chi connectivity index (χ0) is 14.3. The molecule has 1 aromatic carbocycles. The Labute approximate surface area is 120 Å². The van der Waals surface area contributed by atoms with Crippen LogP contribution in [0.25, 0.3) is 0 Å². The predicted molar refractivity (Wildman–Crippen MR) is 83.3 cm³/mol. The molecule has 0 bridgehead atoms. The molecule has 0 unspecified atom stereocenters. The smallest absolute Gasteiger partial charge is 0.230 e. The minimum Gasteiger partial charge on any atom is -0.351 e. The summed E-state index contributed by atoms with van der Waals surface area (Å²) in [6, 6.07) is 8.22. The summed E-state index contributed by atoms with van der Waals surface area (Å²) in [6.45, 7) is 7.59. The molecule has 0 spiro atoms. The van der Waals surface area contributed by atoms with Gasteiger partial charge in [-0.25, -0.2) is 0 Å². The molecule has 106 valence electrons. The molecule has 0 aliphatic rings. The van der Waals surface area contributed by atoms with E-state index in [1.165, 1.54) is 5.56 Å². The van der Waals surface area contributed by atoms with E-state index in [9.17, 15) is 4.79 Å². The van der Waals surface area contributed by atoms with E-state index in [0.29, 0.717) is 18.8 Å². The molecule has 0 atom stereocenters. The number of carbonyl (C=O) groups is 1. The number of rotatable bonds is 6. The maximum Gasteiger partial charge on any atom is 0.230 e. The van der Waals surface area contributed by atoms with Crippen LogP contribution in [0.15, 0.2) is 24.3 Å². The number of nitrogens with one attached hydrogen (secondary N) is 1. The van der Waals surface area contributed by atoms with Crippen molar-refractivity contribution in [3.05, 3.63) is 35.4 Å². The lowest BCUT2D eigenvalue weighted by atomic mass is 10.1. The highest BCUT2D eigenvalue weighted by Crippen LogP contribution is 2.22. The third-order valence-corrected chi connectivity index (χ3v) is 3.85. The molecule has 3 nitrogen and oxygen atoms in total. The molecule has 0 saturated heterocycles. The van der Waals surface area contributed by atoms with E-state index in [0.717, 1.165) is 12.0 Å². The Hall–Kier alpha value is -1.00. The second-order valence-corrected chi connectivity index (χ2v) is 7.34. The van der Waals surface area contributed by atoms with Gasteiger partial charge in [0.15, 0.2) is 0 Å². The number of hydrogen-bond acceptors (Lipinski definition) is 3. The van der Waals surface area contributed by atoms with Crippen molar-refractivity contribution in [2.45, 2.75) is 38.5 Å². The van der Waals surface area contributed by atoms with Crippen molar-refractivity contribution in [3.8, 4) is 0 Å². The van der Waals surface area contributed by atoms with Gasteiger partial charge in [-0.05, 0) is 24.1 Å². The summed E-state index contributed by atoms with van der Waals surface area (Å²) in [5.41, 5.74) is 7.86. The molecule has 0 radical (unpaired) electrons. The third kappa shape index (κ3) is 7.23. The Balaban J connectivity index is 2.33. The fourth-order valence-electron chi connectivity index (χ4n) is 1.52. The predicted octanol–water partition coefficient (Wildman–Crippen LogP) is 2.34. The lowest BCUT2D eigenvalue weighted by Crippen LogP contribution is -2.26. The fourth-order valence-corrected chi connectivity index (χ4v) is 2.19. The van der Waals surface area contributed by atoms with Gasteiger partial charge < -0.3 is 11.1 Å². The minimum absolute atomic E-state index is 0.0889. The molecule has 1 aromatic rings. The van der Waals surface area contributed by atoms with Crippen LogP contribution in [-0.2, 0) is 17.8 Å². The monoisotopic (exact) mass is 280 g/mol. The van der Waals surface area contributed by atoms with Gasteiger partial charge in [0.2, 0.25) is 5.91 Å². The van der Waals surface area contributed by atoms with Gasteiger partial charge in [-0.3, -0.25) is 4.79 Å². The largest absolute Gasteiger partial charge is 0.351 e. The van der Waals surface area contributed by atoms with Crippen molar-refractivity contribution in [1.82, 2.24) is 5.32 Å². The molecule has 1 rings (SSSR count). The van der Waals surface area contributed by atoms with Gasteiger partial charge in [0.05, 0.1) is 5.75 Å². The summed E-state index contributed by atoms with van der Waals surface area (Å²) in [7, 11) is 0. The molecule has 0 aliphatic carbocycles. The lowest BCUT2D eigenvalue weighted by Gasteiger charge is -2.17. The van der Waals surface area contributed by atoms with E-state index in [2.05, 4.69) is 38.2 Å². The molecule has 0 fully saturated rings. The third-order valence-electron chi connectivity index (χ3n) is 2.58. The molecule has 4 heteroatoms. The molecule has 0 saturated carbocycles. The zero-order valence-corrected chi connectivity index (χ0v) is 12.8. The van der Waals surface area contributed by atoms with E-state index in [1.54, 1.807) is 11.8 Å². The van der Waals surface area contributed by atoms with Crippen LogP contribution in [-0.4, -0.2) is 23.0 Å². The van der Waals surface area contributed by atoms with Crippen molar-refractivity contribution in [1.29, 1.82) is 0 Å². The minimum atomic E-state index is 0.0889. The van der Waals surface area contributed by atoms with Crippen molar-refractivity contribution >= 4 is 17.7 Å². The molecule has 0 heterocycles. The van der Waals surface area contributed by atoms with Crippen LogP contribution < -0.4 is 11.1 Å². The van der Waals surface area contributed by atoms with Crippen LogP contribution in [0.4, 0.5) is 0 Å². The van der Waals surface area contributed by atoms with Gasteiger partial charge >= 0.3 is 0 Å². The highest BCUT2D eigenvalue weighted by Gasteiger charge is 2.12. The van der Waals surface area contributed by atoms with Gasteiger partial charge in [0.1, 0.15) is 0 Å². The van der Waals surface area contributed by atoms with Gasteiger partial charge in [-0.15, -0.1) is 11.8 Å². The number of thioether (sulfide) groups is 1. The average molecular weight is 280 g/mol.